The van der Waals surface area contributed by atoms with E-state index in [1.807, 2.05) is 48.5 Å². The summed E-state index contributed by atoms with van der Waals surface area (Å²) in [5.74, 6) is 1.72. The average molecular weight is 270 g/mol. The Balaban J connectivity index is 1.67. The highest BCUT2D eigenvalue weighted by atomic mass is 16.5. The Morgan fingerprint density at radius 2 is 2.00 bits per heavy atom. The van der Waals surface area contributed by atoms with E-state index in [2.05, 4.69) is 0 Å². The maximum atomic E-state index is 9.13. The summed E-state index contributed by atoms with van der Waals surface area (Å²) >= 11 is 0. The first kappa shape index (κ1) is 13.0. The molecule has 0 amide bonds. The standard InChI is InChI=1S/C17H18O3/c18-11-16-7-6-14-10-15(8-9-17(14)20-16)19-12-13-4-2-1-3-5-13/h1-5,8-10,16,18H,6-7,11-12H2/t16-/m0/s1. The fourth-order valence-electron chi connectivity index (χ4n) is 2.38. The second kappa shape index (κ2) is 5.97. The number of ether oxygens (including phenoxy) is 2. The Hall–Kier alpha value is -2.00. The molecule has 0 aliphatic carbocycles. The van der Waals surface area contributed by atoms with Crippen LogP contribution in [-0.4, -0.2) is 17.8 Å². The normalized spacial score (nSPS) is 17.1. The Morgan fingerprint density at radius 1 is 1.15 bits per heavy atom. The minimum Gasteiger partial charge on any atom is -0.489 e. The van der Waals surface area contributed by atoms with Crippen LogP contribution in [0.2, 0.25) is 0 Å². The van der Waals surface area contributed by atoms with Crippen LogP contribution in [0.1, 0.15) is 17.5 Å². The van der Waals surface area contributed by atoms with Gasteiger partial charge < -0.3 is 14.6 Å². The summed E-state index contributed by atoms with van der Waals surface area (Å²) in [5.41, 5.74) is 2.31. The summed E-state index contributed by atoms with van der Waals surface area (Å²) in [5, 5.41) is 9.13. The molecule has 104 valence electrons. The first-order chi connectivity index (χ1) is 9.85. The molecule has 1 atom stereocenters. The highest BCUT2D eigenvalue weighted by Crippen LogP contribution is 2.31. The molecule has 0 saturated heterocycles. The summed E-state index contributed by atoms with van der Waals surface area (Å²) in [6.45, 7) is 0.644. The van der Waals surface area contributed by atoms with Gasteiger partial charge in [-0.3, -0.25) is 0 Å². The largest absolute Gasteiger partial charge is 0.489 e. The van der Waals surface area contributed by atoms with Gasteiger partial charge in [0.1, 0.15) is 24.2 Å². The van der Waals surface area contributed by atoms with Crippen LogP contribution in [0.3, 0.4) is 0 Å². The molecule has 20 heavy (non-hydrogen) atoms. The van der Waals surface area contributed by atoms with Crippen LogP contribution < -0.4 is 9.47 Å². The molecule has 0 fully saturated rings. The molecule has 2 aromatic carbocycles. The molecule has 3 rings (SSSR count). The van der Waals surface area contributed by atoms with Crippen molar-refractivity contribution < 1.29 is 14.6 Å². The van der Waals surface area contributed by atoms with Gasteiger partial charge in [0.05, 0.1) is 6.61 Å². The van der Waals surface area contributed by atoms with E-state index in [9.17, 15) is 0 Å². The predicted octanol–water partition coefficient (Wildman–Crippen LogP) is 2.95. The third-order valence-electron chi connectivity index (χ3n) is 3.51. The minimum absolute atomic E-state index is 0.0708. The van der Waals surface area contributed by atoms with Crippen molar-refractivity contribution in [2.45, 2.75) is 25.6 Å². The zero-order chi connectivity index (χ0) is 13.8. The Bertz CT molecular complexity index is 566. The second-order valence-electron chi connectivity index (χ2n) is 5.00. The first-order valence-corrected chi connectivity index (χ1v) is 6.92. The number of aliphatic hydroxyl groups is 1. The van der Waals surface area contributed by atoms with Gasteiger partial charge >= 0.3 is 0 Å². The Morgan fingerprint density at radius 3 is 2.80 bits per heavy atom. The van der Waals surface area contributed by atoms with Crippen LogP contribution in [-0.2, 0) is 13.0 Å². The van der Waals surface area contributed by atoms with Gasteiger partial charge in [0.15, 0.2) is 0 Å². The SMILES string of the molecule is OC[C@@H]1CCc2cc(OCc3ccccc3)ccc2O1. The molecule has 0 unspecified atom stereocenters. The minimum atomic E-state index is -0.0708. The zero-order valence-corrected chi connectivity index (χ0v) is 11.3. The van der Waals surface area contributed by atoms with Crippen LogP contribution in [0, 0.1) is 0 Å². The lowest BCUT2D eigenvalue weighted by Crippen LogP contribution is -2.26. The molecule has 3 heteroatoms. The third-order valence-corrected chi connectivity index (χ3v) is 3.51. The molecule has 2 aromatic rings. The van der Waals surface area contributed by atoms with Crippen molar-refractivity contribution in [3.05, 3.63) is 59.7 Å². The lowest BCUT2D eigenvalue weighted by molar-refractivity contribution is 0.0976. The topological polar surface area (TPSA) is 38.7 Å². The monoisotopic (exact) mass is 270 g/mol. The Kier molecular flexibility index (Phi) is 3.88. The molecule has 1 N–H and O–H groups in total. The lowest BCUT2D eigenvalue weighted by Gasteiger charge is -2.25. The van der Waals surface area contributed by atoms with Crippen LogP contribution in [0.4, 0.5) is 0 Å². The summed E-state index contributed by atoms with van der Waals surface area (Å²) < 4.78 is 11.5. The van der Waals surface area contributed by atoms with E-state index in [0.717, 1.165) is 35.5 Å². The van der Waals surface area contributed by atoms with Gasteiger partial charge in [-0.1, -0.05) is 30.3 Å². The number of hydrogen-bond donors (Lipinski definition) is 1. The number of aliphatic hydroxyl groups excluding tert-OH is 1. The fraction of sp³-hybridized carbons (Fsp3) is 0.294. The number of fused-ring (bicyclic) bond motifs is 1. The highest BCUT2D eigenvalue weighted by molar-refractivity contribution is 5.41. The molecule has 1 heterocycles. The predicted molar refractivity (Wildman–Crippen MR) is 77.0 cm³/mol. The van der Waals surface area contributed by atoms with Crippen molar-refractivity contribution in [2.24, 2.45) is 0 Å². The summed E-state index contributed by atoms with van der Waals surface area (Å²) in [6.07, 6.45) is 1.70. The molecular formula is C17H18O3. The molecule has 0 saturated carbocycles. The number of aryl methyl sites for hydroxylation is 1. The van der Waals surface area contributed by atoms with E-state index in [1.165, 1.54) is 0 Å². The highest BCUT2D eigenvalue weighted by Gasteiger charge is 2.19. The van der Waals surface area contributed by atoms with E-state index in [1.54, 1.807) is 0 Å². The van der Waals surface area contributed by atoms with Crippen molar-refractivity contribution in [1.29, 1.82) is 0 Å². The molecule has 1 aliphatic rings. The van der Waals surface area contributed by atoms with Crippen LogP contribution in [0.15, 0.2) is 48.5 Å². The van der Waals surface area contributed by atoms with Gasteiger partial charge in [-0.2, -0.15) is 0 Å². The molecular weight excluding hydrogens is 252 g/mol. The van der Waals surface area contributed by atoms with Crippen molar-refractivity contribution in [3.63, 3.8) is 0 Å². The molecule has 0 aromatic heterocycles. The number of hydrogen-bond acceptors (Lipinski definition) is 3. The molecule has 1 aliphatic heterocycles. The number of benzene rings is 2. The van der Waals surface area contributed by atoms with Gasteiger partial charge in [-0.15, -0.1) is 0 Å². The van der Waals surface area contributed by atoms with Gasteiger partial charge in [-0.05, 0) is 42.2 Å². The summed E-state index contributed by atoms with van der Waals surface area (Å²) in [4.78, 5) is 0. The zero-order valence-electron chi connectivity index (χ0n) is 11.3. The van der Waals surface area contributed by atoms with Crippen molar-refractivity contribution in [3.8, 4) is 11.5 Å². The van der Waals surface area contributed by atoms with Gasteiger partial charge in [0.25, 0.3) is 0 Å². The van der Waals surface area contributed by atoms with E-state index < -0.39 is 0 Å². The second-order valence-corrected chi connectivity index (χ2v) is 5.00. The van der Waals surface area contributed by atoms with E-state index in [0.29, 0.717) is 6.61 Å². The summed E-state index contributed by atoms with van der Waals surface area (Å²) in [7, 11) is 0. The van der Waals surface area contributed by atoms with Crippen molar-refractivity contribution >= 4 is 0 Å². The molecule has 0 bridgehead atoms. The average Bonchev–Trinajstić information content (AvgIpc) is 2.53. The van der Waals surface area contributed by atoms with Crippen LogP contribution >= 0.6 is 0 Å². The van der Waals surface area contributed by atoms with E-state index in [-0.39, 0.29) is 12.7 Å². The summed E-state index contributed by atoms with van der Waals surface area (Å²) in [6, 6.07) is 16.0. The van der Waals surface area contributed by atoms with E-state index >= 15 is 0 Å². The quantitative estimate of drug-likeness (QED) is 0.928. The molecule has 0 radical (unpaired) electrons. The number of rotatable bonds is 4. The Labute approximate surface area is 118 Å². The maximum absolute atomic E-state index is 9.13. The lowest BCUT2D eigenvalue weighted by atomic mass is 10.0. The van der Waals surface area contributed by atoms with Gasteiger partial charge in [0, 0.05) is 0 Å². The third kappa shape index (κ3) is 2.94. The smallest absolute Gasteiger partial charge is 0.123 e. The fourth-order valence-corrected chi connectivity index (χ4v) is 2.38. The molecule has 3 nitrogen and oxygen atoms in total. The van der Waals surface area contributed by atoms with Gasteiger partial charge in [0.2, 0.25) is 0 Å². The van der Waals surface area contributed by atoms with Gasteiger partial charge in [-0.25, -0.2) is 0 Å². The molecule has 0 spiro atoms. The maximum Gasteiger partial charge on any atom is 0.123 e. The van der Waals surface area contributed by atoms with Crippen molar-refractivity contribution in [1.82, 2.24) is 0 Å². The van der Waals surface area contributed by atoms with Crippen LogP contribution in [0.25, 0.3) is 0 Å². The van der Waals surface area contributed by atoms with Crippen molar-refractivity contribution in [2.75, 3.05) is 6.61 Å². The van der Waals surface area contributed by atoms with Crippen LogP contribution in [0.5, 0.6) is 11.5 Å². The first-order valence-electron chi connectivity index (χ1n) is 6.92. The van der Waals surface area contributed by atoms with E-state index in [4.69, 9.17) is 14.6 Å².